The fraction of sp³-hybridized carbons (Fsp3) is 0.310. The van der Waals surface area contributed by atoms with Crippen LogP contribution in [0, 0.1) is 11.3 Å². The molecule has 2 aromatic heterocycles. The van der Waals surface area contributed by atoms with Gasteiger partial charge in [0.25, 0.3) is 0 Å². The summed E-state index contributed by atoms with van der Waals surface area (Å²) < 4.78 is 23.4. The van der Waals surface area contributed by atoms with E-state index in [1.165, 1.54) is 0 Å². The lowest BCUT2D eigenvalue weighted by atomic mass is 10.1. The van der Waals surface area contributed by atoms with Gasteiger partial charge in [-0.05, 0) is 30.3 Å². The summed E-state index contributed by atoms with van der Waals surface area (Å²) in [4.78, 5) is 10.1. The molecule has 2 N–H and O–H groups in total. The monoisotopic (exact) mass is 544 g/mol. The minimum atomic E-state index is -0.679. The van der Waals surface area contributed by atoms with Crippen molar-refractivity contribution >= 4 is 28.3 Å². The van der Waals surface area contributed by atoms with Crippen LogP contribution in [0.2, 0.25) is 5.02 Å². The van der Waals surface area contributed by atoms with E-state index in [2.05, 4.69) is 16.0 Å². The van der Waals surface area contributed by atoms with E-state index in [1.807, 2.05) is 54.6 Å². The standard InChI is InChI=1S/C29H25ClN4O5/c30-21-10-22-26(20(11-31)29(32-22)39-24-15-37-27-23(35)14-36-28(24)27)33-25(21)16-6-8-17(9-7-16)34-12-19(13-34)38-18-4-2-1-3-5-18/h1-10,19,23-24,27-28,32,35H,12-15H2/t23-,24-,27-,28-/m1/s1. The zero-order valence-corrected chi connectivity index (χ0v) is 21.5. The molecule has 9 nitrogen and oxygen atoms in total. The first-order chi connectivity index (χ1) is 19.1. The Morgan fingerprint density at radius 1 is 1.03 bits per heavy atom. The number of H-pyrrole nitrogens is 1. The van der Waals surface area contributed by atoms with Gasteiger partial charge >= 0.3 is 0 Å². The molecule has 0 saturated carbocycles. The van der Waals surface area contributed by atoms with Gasteiger partial charge in [0.15, 0.2) is 6.10 Å². The number of nitrogens with zero attached hydrogens (tertiary/aromatic N) is 3. The third kappa shape index (κ3) is 4.36. The smallest absolute Gasteiger partial charge is 0.212 e. The molecular weight excluding hydrogens is 520 g/mol. The molecule has 0 unspecified atom stereocenters. The number of aromatic nitrogens is 2. The maximum absolute atomic E-state index is 10.00. The summed E-state index contributed by atoms with van der Waals surface area (Å²) in [7, 11) is 0. The van der Waals surface area contributed by atoms with Gasteiger partial charge in [-0.2, -0.15) is 5.26 Å². The molecular formula is C29H25ClN4O5. The number of rotatable bonds is 6. The zero-order valence-electron chi connectivity index (χ0n) is 20.8. The Morgan fingerprint density at radius 3 is 2.56 bits per heavy atom. The molecule has 5 heterocycles. The first-order valence-electron chi connectivity index (χ1n) is 12.8. The molecule has 4 atom stereocenters. The summed E-state index contributed by atoms with van der Waals surface area (Å²) in [6.45, 7) is 2.09. The number of ether oxygens (including phenoxy) is 4. The highest BCUT2D eigenvalue weighted by Crippen LogP contribution is 2.37. The molecule has 39 heavy (non-hydrogen) atoms. The lowest BCUT2D eigenvalue weighted by Crippen LogP contribution is -2.54. The van der Waals surface area contributed by atoms with Gasteiger partial charge in [-0.25, -0.2) is 4.98 Å². The molecule has 2 aromatic carbocycles. The highest BCUT2D eigenvalue weighted by Gasteiger charge is 2.48. The van der Waals surface area contributed by atoms with Crippen LogP contribution in [0.5, 0.6) is 11.6 Å². The number of aliphatic hydroxyl groups excluding tert-OH is 1. The summed E-state index contributed by atoms with van der Waals surface area (Å²) >= 11 is 6.64. The quantitative estimate of drug-likeness (QED) is 0.375. The molecule has 0 spiro atoms. The van der Waals surface area contributed by atoms with E-state index in [-0.39, 0.29) is 30.8 Å². The van der Waals surface area contributed by atoms with Gasteiger partial charge in [-0.3, -0.25) is 0 Å². The van der Waals surface area contributed by atoms with E-state index >= 15 is 0 Å². The summed E-state index contributed by atoms with van der Waals surface area (Å²) in [5, 5.41) is 20.4. The fourth-order valence-electron chi connectivity index (χ4n) is 5.40. The molecule has 10 heteroatoms. The maximum Gasteiger partial charge on any atom is 0.212 e. The maximum atomic E-state index is 10.00. The second-order valence-corrected chi connectivity index (χ2v) is 10.4. The lowest BCUT2D eigenvalue weighted by molar-refractivity contribution is 0.00789. The fourth-order valence-corrected chi connectivity index (χ4v) is 5.66. The predicted octanol–water partition coefficient (Wildman–Crippen LogP) is 3.93. The first-order valence-corrected chi connectivity index (χ1v) is 13.2. The van der Waals surface area contributed by atoms with Crippen molar-refractivity contribution in [3.63, 3.8) is 0 Å². The minimum Gasteiger partial charge on any atom is -0.487 e. The number of benzene rings is 2. The van der Waals surface area contributed by atoms with Crippen LogP contribution in [0.3, 0.4) is 0 Å². The Kier molecular flexibility index (Phi) is 6.05. The van der Waals surface area contributed by atoms with Gasteiger partial charge in [-0.15, -0.1) is 0 Å². The van der Waals surface area contributed by atoms with Crippen molar-refractivity contribution in [3.8, 4) is 29.0 Å². The van der Waals surface area contributed by atoms with Crippen LogP contribution in [0.4, 0.5) is 5.69 Å². The Morgan fingerprint density at radius 2 is 1.79 bits per heavy atom. The average molecular weight is 545 g/mol. The van der Waals surface area contributed by atoms with Crippen LogP contribution in [-0.2, 0) is 9.47 Å². The normalized spacial score (nSPS) is 24.4. The summed E-state index contributed by atoms with van der Waals surface area (Å²) in [6.07, 6.45) is -1.79. The number of nitriles is 1. The number of para-hydroxylation sites is 1. The minimum absolute atomic E-state index is 0.159. The predicted molar refractivity (Wildman–Crippen MR) is 144 cm³/mol. The van der Waals surface area contributed by atoms with Crippen molar-refractivity contribution in [2.75, 3.05) is 31.2 Å². The van der Waals surface area contributed by atoms with Crippen molar-refractivity contribution in [1.82, 2.24) is 9.97 Å². The third-order valence-electron chi connectivity index (χ3n) is 7.45. The van der Waals surface area contributed by atoms with E-state index in [4.69, 9.17) is 35.5 Å². The summed E-state index contributed by atoms with van der Waals surface area (Å²) in [5.74, 6) is 1.17. The van der Waals surface area contributed by atoms with Crippen molar-refractivity contribution in [2.45, 2.75) is 30.5 Å². The van der Waals surface area contributed by atoms with Crippen molar-refractivity contribution in [3.05, 3.63) is 71.2 Å². The molecule has 0 radical (unpaired) electrons. The number of aliphatic hydroxyl groups is 1. The average Bonchev–Trinajstić information content (AvgIpc) is 3.61. The van der Waals surface area contributed by atoms with E-state index in [1.54, 1.807) is 6.07 Å². The van der Waals surface area contributed by atoms with Crippen LogP contribution in [-0.4, -0.2) is 71.9 Å². The Balaban J connectivity index is 1.08. The molecule has 3 aliphatic rings. The molecule has 0 aliphatic carbocycles. The highest BCUT2D eigenvalue weighted by atomic mass is 35.5. The molecule has 0 amide bonds. The van der Waals surface area contributed by atoms with Crippen LogP contribution < -0.4 is 14.4 Å². The van der Waals surface area contributed by atoms with Crippen molar-refractivity contribution < 1.29 is 24.1 Å². The molecule has 3 aliphatic heterocycles. The first kappa shape index (κ1) is 24.2. The molecule has 0 bridgehead atoms. The van der Waals surface area contributed by atoms with Gasteiger partial charge in [-0.1, -0.05) is 41.9 Å². The molecule has 3 saturated heterocycles. The van der Waals surface area contributed by atoms with Crippen LogP contribution in [0.15, 0.2) is 60.7 Å². The van der Waals surface area contributed by atoms with E-state index < -0.39 is 24.4 Å². The van der Waals surface area contributed by atoms with Gasteiger partial charge in [0.2, 0.25) is 5.88 Å². The molecule has 3 fully saturated rings. The number of fused-ring (bicyclic) bond motifs is 2. The van der Waals surface area contributed by atoms with Crippen LogP contribution in [0.25, 0.3) is 22.3 Å². The third-order valence-corrected chi connectivity index (χ3v) is 7.74. The highest BCUT2D eigenvalue weighted by molar-refractivity contribution is 6.33. The van der Waals surface area contributed by atoms with E-state index in [0.717, 1.165) is 30.1 Å². The number of nitrogens with one attached hydrogen (secondary N) is 1. The molecule has 198 valence electrons. The topological polar surface area (TPSA) is 113 Å². The van der Waals surface area contributed by atoms with Gasteiger partial charge in [0.1, 0.15) is 47.3 Å². The zero-order chi connectivity index (χ0) is 26.5. The number of hydrogen-bond donors (Lipinski definition) is 2. The number of halogens is 1. The van der Waals surface area contributed by atoms with Gasteiger partial charge < -0.3 is 33.9 Å². The number of anilines is 1. The Bertz CT molecular complexity index is 1550. The van der Waals surface area contributed by atoms with Gasteiger partial charge in [0, 0.05) is 11.3 Å². The summed E-state index contributed by atoms with van der Waals surface area (Å²) in [6, 6.07) is 21.9. The van der Waals surface area contributed by atoms with E-state index in [9.17, 15) is 10.4 Å². The number of pyridine rings is 1. The van der Waals surface area contributed by atoms with Crippen molar-refractivity contribution in [2.24, 2.45) is 0 Å². The van der Waals surface area contributed by atoms with Crippen LogP contribution >= 0.6 is 11.6 Å². The number of aromatic amines is 1. The molecule has 7 rings (SSSR count). The largest absolute Gasteiger partial charge is 0.487 e. The SMILES string of the molecule is N#Cc1c(O[C@@H]2CO[C@H]3[C@@H]2OC[C@H]3O)[nH]c2cc(Cl)c(-c3ccc(N4CC(Oc5ccccc5)C4)cc3)nc12. The second-order valence-electron chi connectivity index (χ2n) is 9.98. The number of hydrogen-bond acceptors (Lipinski definition) is 8. The second kappa shape index (κ2) is 9.74. The van der Waals surface area contributed by atoms with Gasteiger partial charge in [0.05, 0.1) is 42.5 Å². The lowest BCUT2D eigenvalue weighted by Gasteiger charge is -2.40. The van der Waals surface area contributed by atoms with Crippen molar-refractivity contribution in [1.29, 1.82) is 5.26 Å². The van der Waals surface area contributed by atoms with Crippen LogP contribution in [0.1, 0.15) is 5.56 Å². The Labute approximate surface area is 229 Å². The Hall–Kier alpha value is -3.81. The molecule has 4 aromatic rings. The summed E-state index contributed by atoms with van der Waals surface area (Å²) in [5.41, 5.74) is 3.87. The van der Waals surface area contributed by atoms with E-state index in [0.29, 0.717) is 21.7 Å².